The van der Waals surface area contributed by atoms with Gasteiger partial charge in [-0.2, -0.15) is 10.1 Å². The molecule has 3 rings (SSSR count). The second kappa shape index (κ2) is 7.99. The third-order valence-corrected chi connectivity index (χ3v) is 3.89. The zero-order chi connectivity index (χ0) is 18.5. The van der Waals surface area contributed by atoms with Crippen molar-refractivity contribution in [1.82, 2.24) is 15.2 Å². The summed E-state index contributed by atoms with van der Waals surface area (Å²) < 4.78 is 4.77. The summed E-state index contributed by atoms with van der Waals surface area (Å²) in [6.07, 6.45) is 1.44. The monoisotopic (exact) mass is 389 g/mol. The number of para-hydroxylation sites is 1. The number of nitrogens with zero attached hydrogens (tertiary/aromatic N) is 3. The van der Waals surface area contributed by atoms with Crippen molar-refractivity contribution in [2.45, 2.75) is 0 Å². The topological polar surface area (TPSA) is 89.0 Å². The third-order valence-electron chi connectivity index (χ3n) is 3.33. The molecule has 0 saturated heterocycles. The Labute approximate surface area is 159 Å². The van der Waals surface area contributed by atoms with Gasteiger partial charge in [0, 0.05) is 5.02 Å². The van der Waals surface area contributed by atoms with E-state index >= 15 is 0 Å². The average molecular weight is 390 g/mol. The van der Waals surface area contributed by atoms with Gasteiger partial charge in [0.15, 0.2) is 5.82 Å². The van der Waals surface area contributed by atoms with Crippen molar-refractivity contribution >= 4 is 52.3 Å². The molecule has 0 saturated carbocycles. The van der Waals surface area contributed by atoms with E-state index in [2.05, 4.69) is 25.8 Å². The summed E-state index contributed by atoms with van der Waals surface area (Å²) >= 11 is 12.1. The molecule has 0 amide bonds. The Hall–Kier alpha value is -2.90. The minimum atomic E-state index is -0.471. The van der Waals surface area contributed by atoms with E-state index in [0.717, 1.165) is 0 Å². The standard InChI is InChI=1S/C17H13Cl2N5O2/c1-26-16(25)11-4-2-3-5-13(11)22-17-23-15(9-20-24-17)21-14-8-10(18)6-7-12(14)19/h2-9H,1H3,(H2,21,22,23,24). The first-order chi connectivity index (χ1) is 12.6. The second-order valence-corrected chi connectivity index (χ2v) is 5.92. The maximum atomic E-state index is 11.8. The number of anilines is 4. The lowest BCUT2D eigenvalue weighted by Crippen LogP contribution is -2.08. The molecule has 9 heteroatoms. The largest absolute Gasteiger partial charge is 0.465 e. The Morgan fingerprint density at radius 3 is 2.69 bits per heavy atom. The van der Waals surface area contributed by atoms with E-state index in [1.807, 2.05) is 0 Å². The van der Waals surface area contributed by atoms with Crippen molar-refractivity contribution in [1.29, 1.82) is 0 Å². The van der Waals surface area contributed by atoms with Gasteiger partial charge in [0.05, 0.1) is 35.3 Å². The van der Waals surface area contributed by atoms with Crippen molar-refractivity contribution in [2.75, 3.05) is 17.7 Å². The number of hydrogen-bond donors (Lipinski definition) is 2. The average Bonchev–Trinajstić information content (AvgIpc) is 2.65. The van der Waals surface area contributed by atoms with Gasteiger partial charge in [-0.1, -0.05) is 35.3 Å². The van der Waals surface area contributed by atoms with Crippen LogP contribution < -0.4 is 10.6 Å². The number of nitrogens with one attached hydrogen (secondary N) is 2. The summed E-state index contributed by atoms with van der Waals surface area (Å²) in [6, 6.07) is 11.9. The van der Waals surface area contributed by atoms with Crippen molar-refractivity contribution < 1.29 is 9.53 Å². The van der Waals surface area contributed by atoms with Gasteiger partial charge in [0.1, 0.15) is 0 Å². The number of carbonyl (C=O) groups is 1. The number of carbonyl (C=O) groups excluding carboxylic acids is 1. The first-order valence-electron chi connectivity index (χ1n) is 7.43. The van der Waals surface area contributed by atoms with Crippen molar-refractivity contribution in [2.24, 2.45) is 0 Å². The number of aromatic nitrogens is 3. The van der Waals surface area contributed by atoms with Crippen LogP contribution in [0.5, 0.6) is 0 Å². The lowest BCUT2D eigenvalue weighted by atomic mass is 10.2. The molecule has 1 heterocycles. The first kappa shape index (κ1) is 17.9. The van der Waals surface area contributed by atoms with Gasteiger partial charge >= 0.3 is 5.97 Å². The van der Waals surface area contributed by atoms with E-state index in [1.165, 1.54) is 13.3 Å². The number of rotatable bonds is 5. The number of ether oxygens (including phenoxy) is 1. The predicted octanol–water partition coefficient (Wildman–Crippen LogP) is 4.45. The maximum Gasteiger partial charge on any atom is 0.339 e. The highest BCUT2D eigenvalue weighted by Gasteiger charge is 2.12. The molecule has 132 valence electrons. The molecule has 0 aliphatic rings. The molecule has 7 nitrogen and oxygen atoms in total. The summed E-state index contributed by atoms with van der Waals surface area (Å²) in [7, 11) is 1.32. The summed E-state index contributed by atoms with van der Waals surface area (Å²) in [6.45, 7) is 0. The Morgan fingerprint density at radius 2 is 1.88 bits per heavy atom. The molecule has 0 atom stereocenters. The summed E-state index contributed by atoms with van der Waals surface area (Å²) in [5.41, 5.74) is 1.44. The molecule has 2 aromatic carbocycles. The van der Waals surface area contributed by atoms with Crippen LogP contribution in [0.1, 0.15) is 10.4 Å². The van der Waals surface area contributed by atoms with Crippen LogP contribution in [0.4, 0.5) is 23.1 Å². The molecule has 26 heavy (non-hydrogen) atoms. The summed E-state index contributed by atoms with van der Waals surface area (Å²) in [4.78, 5) is 16.2. The fraction of sp³-hybridized carbons (Fsp3) is 0.0588. The second-order valence-electron chi connectivity index (χ2n) is 5.08. The van der Waals surface area contributed by atoms with Crippen LogP contribution in [0.2, 0.25) is 10.0 Å². The van der Waals surface area contributed by atoms with E-state index in [4.69, 9.17) is 27.9 Å². The van der Waals surface area contributed by atoms with Gasteiger partial charge < -0.3 is 15.4 Å². The number of benzene rings is 2. The molecule has 0 fully saturated rings. The Kier molecular flexibility index (Phi) is 5.50. The number of esters is 1. The lowest BCUT2D eigenvalue weighted by molar-refractivity contribution is 0.0602. The van der Waals surface area contributed by atoms with E-state index < -0.39 is 5.97 Å². The molecule has 0 spiro atoms. The van der Waals surface area contributed by atoms with Crippen LogP contribution in [0.15, 0.2) is 48.7 Å². The molecule has 0 aliphatic carbocycles. The van der Waals surface area contributed by atoms with Gasteiger partial charge in [-0.05, 0) is 30.3 Å². The zero-order valence-corrected chi connectivity index (χ0v) is 15.0. The van der Waals surface area contributed by atoms with Crippen molar-refractivity contribution in [3.05, 3.63) is 64.3 Å². The first-order valence-corrected chi connectivity index (χ1v) is 8.18. The van der Waals surface area contributed by atoms with Crippen LogP contribution in [0.25, 0.3) is 0 Å². The van der Waals surface area contributed by atoms with Crippen molar-refractivity contribution in [3.8, 4) is 0 Å². The van der Waals surface area contributed by atoms with Crippen molar-refractivity contribution in [3.63, 3.8) is 0 Å². The van der Waals surface area contributed by atoms with Crippen LogP contribution in [-0.4, -0.2) is 28.3 Å². The van der Waals surface area contributed by atoms with Crippen LogP contribution in [-0.2, 0) is 4.74 Å². The number of methoxy groups -OCH3 is 1. The minimum Gasteiger partial charge on any atom is -0.465 e. The fourth-order valence-electron chi connectivity index (χ4n) is 2.15. The molecular formula is C17H13Cl2N5O2. The number of halogens is 2. The SMILES string of the molecule is COC(=O)c1ccccc1Nc1nncc(Nc2cc(Cl)ccc2Cl)n1. The quantitative estimate of drug-likeness (QED) is 0.622. The molecule has 2 N–H and O–H groups in total. The van der Waals surface area contributed by atoms with E-state index in [-0.39, 0.29) is 5.95 Å². The van der Waals surface area contributed by atoms with Crippen LogP contribution >= 0.6 is 23.2 Å². The molecule has 3 aromatic rings. The predicted molar refractivity (Wildman–Crippen MR) is 101 cm³/mol. The van der Waals surface area contributed by atoms with E-state index in [9.17, 15) is 4.79 Å². The van der Waals surface area contributed by atoms with E-state index in [1.54, 1.807) is 42.5 Å². The molecular weight excluding hydrogens is 377 g/mol. The molecule has 0 radical (unpaired) electrons. The normalized spacial score (nSPS) is 10.3. The lowest BCUT2D eigenvalue weighted by Gasteiger charge is -2.11. The Morgan fingerprint density at radius 1 is 1.08 bits per heavy atom. The Balaban J connectivity index is 1.85. The van der Waals surface area contributed by atoms with Crippen LogP contribution in [0, 0.1) is 0 Å². The van der Waals surface area contributed by atoms with E-state index in [0.29, 0.717) is 32.8 Å². The van der Waals surface area contributed by atoms with Crippen LogP contribution in [0.3, 0.4) is 0 Å². The van der Waals surface area contributed by atoms with Gasteiger partial charge in [0.2, 0.25) is 5.95 Å². The maximum absolute atomic E-state index is 11.8. The highest BCUT2D eigenvalue weighted by atomic mass is 35.5. The molecule has 0 aliphatic heterocycles. The van der Waals surface area contributed by atoms with Gasteiger partial charge in [-0.15, -0.1) is 5.10 Å². The fourth-order valence-corrected chi connectivity index (χ4v) is 2.49. The molecule has 0 unspecified atom stereocenters. The van der Waals surface area contributed by atoms with Gasteiger partial charge in [0.25, 0.3) is 0 Å². The highest BCUT2D eigenvalue weighted by Crippen LogP contribution is 2.28. The summed E-state index contributed by atoms with van der Waals surface area (Å²) in [5.74, 6) is 0.132. The molecule has 0 bridgehead atoms. The third kappa shape index (κ3) is 4.19. The molecule has 1 aromatic heterocycles. The number of hydrogen-bond acceptors (Lipinski definition) is 7. The van der Waals surface area contributed by atoms with Gasteiger partial charge in [-0.3, -0.25) is 0 Å². The highest BCUT2D eigenvalue weighted by molar-refractivity contribution is 6.35. The zero-order valence-electron chi connectivity index (χ0n) is 13.5. The summed E-state index contributed by atoms with van der Waals surface area (Å²) in [5, 5.41) is 14.8. The van der Waals surface area contributed by atoms with Gasteiger partial charge in [-0.25, -0.2) is 4.79 Å². The smallest absolute Gasteiger partial charge is 0.339 e. The minimum absolute atomic E-state index is 0.199. The Bertz CT molecular complexity index is 952.